The molecule has 12 rings (SSSR count). The molecule has 0 radical (unpaired) electrons. The summed E-state index contributed by atoms with van der Waals surface area (Å²) in [5.74, 6) is 0. The van der Waals surface area contributed by atoms with Gasteiger partial charge in [-0.2, -0.15) is 0 Å². The molecule has 12 aromatic rings. The van der Waals surface area contributed by atoms with E-state index in [1.165, 1.54) is 110 Å². The maximum absolute atomic E-state index is 2.49. The van der Waals surface area contributed by atoms with Crippen LogP contribution in [0.5, 0.6) is 0 Å². The Labute approximate surface area is 386 Å². The molecular formula is C64H48N2. The van der Waals surface area contributed by atoms with Crippen molar-refractivity contribution < 1.29 is 0 Å². The van der Waals surface area contributed by atoms with E-state index >= 15 is 0 Å². The number of rotatable bonds is 8. The number of aryl methyl sites for hydroxylation is 4. The second-order valence-corrected chi connectivity index (χ2v) is 17.9. The molecule has 2 nitrogen and oxygen atoms in total. The van der Waals surface area contributed by atoms with Gasteiger partial charge < -0.3 is 9.80 Å². The van der Waals surface area contributed by atoms with Crippen LogP contribution in [-0.4, -0.2) is 0 Å². The number of hydrogen-bond acceptors (Lipinski definition) is 2. The molecule has 0 N–H and O–H groups in total. The first-order chi connectivity index (χ1) is 32.4. The van der Waals surface area contributed by atoms with Crippen LogP contribution in [0.25, 0.3) is 76.1 Å². The molecule has 0 aromatic heterocycles. The molecule has 2 heteroatoms. The molecule has 0 aliphatic rings. The maximum atomic E-state index is 2.49. The minimum absolute atomic E-state index is 1.13. The minimum Gasteiger partial charge on any atom is -0.309 e. The fourth-order valence-corrected chi connectivity index (χ4v) is 10.8. The number of hydrogen-bond donors (Lipinski definition) is 0. The number of benzene rings is 12. The van der Waals surface area contributed by atoms with Crippen LogP contribution < -0.4 is 9.80 Å². The Balaban J connectivity index is 1.05. The van der Waals surface area contributed by atoms with Gasteiger partial charge in [-0.05, 0) is 152 Å². The zero-order valence-electron chi connectivity index (χ0n) is 37.7. The third kappa shape index (κ3) is 6.40. The van der Waals surface area contributed by atoms with Crippen molar-refractivity contribution in [2.24, 2.45) is 0 Å². The zero-order chi connectivity index (χ0) is 44.5. The molecule has 12 aromatic carbocycles. The topological polar surface area (TPSA) is 6.48 Å². The number of fused-ring (bicyclic) bond motifs is 2. The predicted octanol–water partition coefficient (Wildman–Crippen LogP) is 18.4. The van der Waals surface area contributed by atoms with Gasteiger partial charge in [0.05, 0.1) is 22.7 Å². The molecule has 0 spiro atoms. The highest BCUT2D eigenvalue weighted by Gasteiger charge is 2.24. The summed E-state index contributed by atoms with van der Waals surface area (Å²) in [7, 11) is 0. The van der Waals surface area contributed by atoms with Crippen LogP contribution in [0.4, 0.5) is 34.1 Å². The highest BCUT2D eigenvalue weighted by atomic mass is 15.2. The minimum atomic E-state index is 1.13. The van der Waals surface area contributed by atoms with Crippen molar-refractivity contribution in [1.29, 1.82) is 0 Å². The molecule has 0 saturated heterocycles. The summed E-state index contributed by atoms with van der Waals surface area (Å²) in [6.45, 7) is 8.94. The van der Waals surface area contributed by atoms with Crippen molar-refractivity contribution in [1.82, 2.24) is 0 Å². The van der Waals surface area contributed by atoms with Gasteiger partial charge in [-0.1, -0.05) is 182 Å². The average Bonchev–Trinajstić information content (AvgIpc) is 3.35. The summed E-state index contributed by atoms with van der Waals surface area (Å²) in [6.07, 6.45) is 0. The second kappa shape index (κ2) is 15.8. The van der Waals surface area contributed by atoms with E-state index in [0.717, 1.165) is 22.7 Å². The van der Waals surface area contributed by atoms with Gasteiger partial charge in [-0.15, -0.1) is 0 Å². The second-order valence-electron chi connectivity index (χ2n) is 17.9. The highest BCUT2D eigenvalue weighted by Crippen LogP contribution is 2.49. The van der Waals surface area contributed by atoms with Gasteiger partial charge in [-0.25, -0.2) is 0 Å². The smallest absolute Gasteiger partial charge is 0.0540 e. The molecule has 0 aliphatic carbocycles. The first kappa shape index (κ1) is 39.4. The van der Waals surface area contributed by atoms with Gasteiger partial charge in [0.15, 0.2) is 0 Å². The van der Waals surface area contributed by atoms with Crippen LogP contribution >= 0.6 is 0 Å². The summed E-state index contributed by atoms with van der Waals surface area (Å²) >= 11 is 0. The van der Waals surface area contributed by atoms with Gasteiger partial charge >= 0.3 is 0 Å². The van der Waals surface area contributed by atoms with Crippen molar-refractivity contribution in [3.63, 3.8) is 0 Å². The van der Waals surface area contributed by atoms with Crippen LogP contribution in [0.2, 0.25) is 0 Å². The van der Waals surface area contributed by atoms with Gasteiger partial charge in [-0.3, -0.25) is 0 Å². The lowest BCUT2D eigenvalue weighted by Crippen LogP contribution is -2.14. The number of anilines is 6. The summed E-state index contributed by atoms with van der Waals surface area (Å²) < 4.78 is 0. The fraction of sp³-hybridized carbons (Fsp3) is 0.0625. The van der Waals surface area contributed by atoms with E-state index in [2.05, 4.69) is 256 Å². The normalized spacial score (nSPS) is 11.6. The lowest BCUT2D eigenvalue weighted by Gasteiger charge is -2.32. The van der Waals surface area contributed by atoms with E-state index in [1.807, 2.05) is 0 Å². The SMILES string of the molecule is Cc1cccc(C)c1N(c1ccc(-c2cccc3ccccc23)cc1)c1ccc2ccc3c(N(c4ccc(-c5cccc6ccccc56)cc4)c4c(C)cccc4C)ccc4ccc1c2c43. The third-order valence-electron chi connectivity index (χ3n) is 13.9. The summed E-state index contributed by atoms with van der Waals surface area (Å²) in [4.78, 5) is 4.98. The Morgan fingerprint density at radius 1 is 0.258 bits per heavy atom. The van der Waals surface area contributed by atoms with E-state index in [1.54, 1.807) is 0 Å². The Bertz CT molecular complexity index is 3500. The molecule has 0 saturated carbocycles. The summed E-state index contributed by atoms with van der Waals surface area (Å²) in [6, 6.07) is 80.8. The zero-order valence-corrected chi connectivity index (χ0v) is 37.7. The van der Waals surface area contributed by atoms with Crippen molar-refractivity contribution in [3.8, 4) is 22.3 Å². The largest absolute Gasteiger partial charge is 0.309 e. The molecule has 66 heavy (non-hydrogen) atoms. The Morgan fingerprint density at radius 3 is 1.02 bits per heavy atom. The van der Waals surface area contributed by atoms with E-state index < -0.39 is 0 Å². The number of para-hydroxylation sites is 2. The van der Waals surface area contributed by atoms with Crippen LogP contribution in [0, 0.1) is 27.7 Å². The maximum Gasteiger partial charge on any atom is 0.0540 e. The standard InChI is InChI=1S/C64H48N2/c1-41-13-9-14-42(2)63(41)65(51-33-25-47(26-34-51)55-23-11-19-45-17-5-7-21-53(45)55)59-39-31-49-30-38-58-60(40-32-50-29-37-57(59)61(49)62(50)58)66(64-43(3)15-10-16-44(64)4)52-35-27-48(28-36-52)56-24-12-20-46-18-6-8-22-54(46)56/h5-40H,1-4H3. The number of nitrogens with zero attached hydrogens (tertiary/aromatic N) is 2. The third-order valence-corrected chi connectivity index (χ3v) is 13.9. The van der Waals surface area contributed by atoms with Crippen LogP contribution in [0.1, 0.15) is 22.3 Å². The summed E-state index contributed by atoms with van der Waals surface area (Å²) in [5.41, 5.74) is 16.8. The first-order valence-corrected chi connectivity index (χ1v) is 23.0. The molecule has 314 valence electrons. The Kier molecular flexibility index (Phi) is 9.43. The van der Waals surface area contributed by atoms with E-state index in [9.17, 15) is 0 Å². The molecule has 0 aliphatic heterocycles. The van der Waals surface area contributed by atoms with E-state index in [-0.39, 0.29) is 0 Å². The average molecular weight is 845 g/mol. The Morgan fingerprint density at radius 2 is 0.606 bits per heavy atom. The lowest BCUT2D eigenvalue weighted by atomic mass is 9.91. The van der Waals surface area contributed by atoms with E-state index in [4.69, 9.17) is 0 Å². The Hall–Kier alpha value is -8.20. The summed E-state index contributed by atoms with van der Waals surface area (Å²) in [5, 5.41) is 12.5. The van der Waals surface area contributed by atoms with Crippen LogP contribution in [0.15, 0.2) is 218 Å². The van der Waals surface area contributed by atoms with Crippen molar-refractivity contribution >= 4 is 88.0 Å². The highest BCUT2D eigenvalue weighted by molar-refractivity contribution is 6.28. The van der Waals surface area contributed by atoms with Crippen molar-refractivity contribution in [3.05, 3.63) is 241 Å². The van der Waals surface area contributed by atoms with Crippen LogP contribution in [0.3, 0.4) is 0 Å². The first-order valence-electron chi connectivity index (χ1n) is 23.0. The monoisotopic (exact) mass is 844 g/mol. The molecule has 0 atom stereocenters. The molecule has 0 unspecified atom stereocenters. The van der Waals surface area contributed by atoms with Crippen LogP contribution in [-0.2, 0) is 0 Å². The molecule has 0 amide bonds. The predicted molar refractivity (Wildman–Crippen MR) is 284 cm³/mol. The van der Waals surface area contributed by atoms with Gasteiger partial charge in [0.1, 0.15) is 0 Å². The lowest BCUT2D eigenvalue weighted by molar-refractivity contribution is 1.23. The van der Waals surface area contributed by atoms with Gasteiger partial charge in [0, 0.05) is 22.1 Å². The molecule has 0 fully saturated rings. The quantitative estimate of drug-likeness (QED) is 0.141. The molecular weight excluding hydrogens is 797 g/mol. The van der Waals surface area contributed by atoms with Gasteiger partial charge in [0.2, 0.25) is 0 Å². The van der Waals surface area contributed by atoms with Gasteiger partial charge in [0.25, 0.3) is 0 Å². The van der Waals surface area contributed by atoms with E-state index in [0.29, 0.717) is 0 Å². The molecule has 0 heterocycles. The molecule has 0 bridgehead atoms. The van der Waals surface area contributed by atoms with Crippen molar-refractivity contribution in [2.45, 2.75) is 27.7 Å². The fourth-order valence-electron chi connectivity index (χ4n) is 10.8. The van der Waals surface area contributed by atoms with Crippen molar-refractivity contribution in [2.75, 3.05) is 9.80 Å².